The molecular weight excluding hydrogens is 471 g/mol. The molecule has 0 bridgehead atoms. The summed E-state index contributed by atoms with van der Waals surface area (Å²) in [7, 11) is 0. The fourth-order valence-corrected chi connectivity index (χ4v) is 20.8. The van der Waals surface area contributed by atoms with Crippen LogP contribution in [0.2, 0.25) is 13.3 Å². The van der Waals surface area contributed by atoms with Crippen LogP contribution in [0.3, 0.4) is 0 Å². The van der Waals surface area contributed by atoms with Crippen LogP contribution in [0.5, 0.6) is 0 Å². The van der Waals surface area contributed by atoms with Gasteiger partial charge in [-0.3, -0.25) is 0 Å². The SMILES string of the molecule is CCC[CH2][Sn](/[CH]=C1\CO[C@@H]2CCC[C@@H](C(=O)OCC)[C@]12O)([CH2]CCC)[CH2]CCC. The van der Waals surface area contributed by atoms with Gasteiger partial charge in [-0.05, 0) is 0 Å². The molecule has 2 aliphatic rings. The molecule has 0 amide bonds. The van der Waals surface area contributed by atoms with Crippen LogP contribution in [0.25, 0.3) is 0 Å². The van der Waals surface area contributed by atoms with Crippen molar-refractivity contribution in [1.29, 1.82) is 0 Å². The van der Waals surface area contributed by atoms with Crippen LogP contribution in [-0.4, -0.2) is 54.4 Å². The number of carbonyl (C=O) groups is 1. The minimum absolute atomic E-state index is 0.243. The summed E-state index contributed by atoms with van der Waals surface area (Å²) in [5.41, 5.74) is -0.100. The van der Waals surface area contributed by atoms with Crippen LogP contribution in [0.1, 0.15) is 85.5 Å². The van der Waals surface area contributed by atoms with Crippen LogP contribution in [-0.2, 0) is 14.3 Å². The molecule has 0 spiro atoms. The second kappa shape index (κ2) is 12.1. The average molecular weight is 515 g/mol. The van der Waals surface area contributed by atoms with Crippen molar-refractivity contribution in [1.82, 2.24) is 0 Å². The Labute approximate surface area is 182 Å². The summed E-state index contributed by atoms with van der Waals surface area (Å²) in [6, 6.07) is 0. The standard InChI is InChI=1S/C12H17O4.3C4H9.Sn/c1-3-15-11(13)9-5-4-6-10-12(9,14)8(2)7-16-10;3*1-3-4-2;/h2,9-10,14H,3-7H2,1H3;3*1,3-4H2,2H3;/t9-,10+,12+;;;;/m0..../s1. The first-order chi connectivity index (χ1) is 14.0. The fraction of sp³-hybridized carbons (Fsp3) is 0.875. The zero-order valence-corrected chi connectivity index (χ0v) is 22.2. The van der Waals surface area contributed by atoms with Gasteiger partial charge in [0.2, 0.25) is 0 Å². The molecule has 4 nitrogen and oxygen atoms in total. The van der Waals surface area contributed by atoms with E-state index in [1.165, 1.54) is 51.8 Å². The fourth-order valence-electron chi connectivity index (χ4n) is 5.36. The van der Waals surface area contributed by atoms with Crippen LogP contribution in [0, 0.1) is 5.92 Å². The van der Waals surface area contributed by atoms with Crippen LogP contribution in [0.4, 0.5) is 0 Å². The van der Waals surface area contributed by atoms with Crippen LogP contribution >= 0.6 is 0 Å². The van der Waals surface area contributed by atoms with Gasteiger partial charge in [-0.2, -0.15) is 0 Å². The third kappa shape index (κ3) is 6.00. The van der Waals surface area contributed by atoms with Gasteiger partial charge in [0.15, 0.2) is 0 Å². The van der Waals surface area contributed by atoms with E-state index < -0.39 is 29.9 Å². The zero-order chi connectivity index (χ0) is 21.3. The summed E-state index contributed by atoms with van der Waals surface area (Å²) in [5, 5.41) is 11.9. The number of rotatable bonds is 12. The van der Waals surface area contributed by atoms with Crippen molar-refractivity contribution in [2.24, 2.45) is 5.92 Å². The van der Waals surface area contributed by atoms with Crippen molar-refractivity contribution < 1.29 is 19.4 Å². The monoisotopic (exact) mass is 516 g/mol. The normalized spacial score (nSPS) is 28.5. The number of ether oxygens (including phenoxy) is 2. The molecule has 2 rings (SSSR count). The van der Waals surface area contributed by atoms with E-state index in [0.29, 0.717) is 19.6 Å². The molecule has 3 atom stereocenters. The number of esters is 1. The van der Waals surface area contributed by atoms with Gasteiger partial charge >= 0.3 is 183 Å². The first kappa shape index (κ1) is 25.2. The molecule has 0 radical (unpaired) electrons. The third-order valence-electron chi connectivity index (χ3n) is 7.07. The van der Waals surface area contributed by atoms with E-state index in [1.54, 1.807) is 0 Å². The molecular formula is C24H44O4Sn. The van der Waals surface area contributed by atoms with Gasteiger partial charge in [0, 0.05) is 0 Å². The molecule has 1 saturated carbocycles. The van der Waals surface area contributed by atoms with Gasteiger partial charge in [-0.15, -0.1) is 0 Å². The Balaban J connectivity index is 2.41. The molecule has 168 valence electrons. The third-order valence-corrected chi connectivity index (χ3v) is 21.4. The molecule has 29 heavy (non-hydrogen) atoms. The van der Waals surface area contributed by atoms with E-state index in [9.17, 15) is 9.90 Å². The molecule has 1 aliphatic carbocycles. The molecule has 1 N–H and O–H groups in total. The number of hydrogen-bond donors (Lipinski definition) is 1. The minimum atomic E-state index is -2.60. The molecule has 5 heteroatoms. The second-order valence-electron chi connectivity index (χ2n) is 9.20. The maximum atomic E-state index is 12.7. The Morgan fingerprint density at radius 3 is 2.21 bits per heavy atom. The number of unbranched alkanes of at least 4 members (excludes halogenated alkanes) is 3. The summed E-state index contributed by atoms with van der Waals surface area (Å²) in [6.45, 7) is 9.55. The number of carbonyl (C=O) groups excluding carboxylic acids is 1. The molecule has 0 aromatic carbocycles. The first-order valence-corrected chi connectivity index (χ1v) is 19.9. The van der Waals surface area contributed by atoms with Crippen molar-refractivity contribution in [3.8, 4) is 0 Å². The van der Waals surface area contributed by atoms with Crippen molar-refractivity contribution >= 4 is 24.3 Å². The Bertz CT molecular complexity index is 525. The quantitative estimate of drug-likeness (QED) is 0.264. The average Bonchev–Trinajstić information content (AvgIpc) is 3.04. The second-order valence-corrected chi connectivity index (χ2v) is 22.1. The Morgan fingerprint density at radius 1 is 1.10 bits per heavy atom. The van der Waals surface area contributed by atoms with E-state index in [0.717, 1.165) is 18.4 Å². The first-order valence-electron chi connectivity index (χ1n) is 12.2. The summed E-state index contributed by atoms with van der Waals surface area (Å²) >= 11 is -2.60. The Hall–Kier alpha value is -0.0713. The topological polar surface area (TPSA) is 55.8 Å². The van der Waals surface area contributed by atoms with Crippen molar-refractivity contribution in [2.75, 3.05) is 13.2 Å². The predicted molar refractivity (Wildman–Crippen MR) is 122 cm³/mol. The van der Waals surface area contributed by atoms with E-state index in [2.05, 4.69) is 24.9 Å². The molecule has 1 aliphatic heterocycles. The molecule has 0 unspecified atom stereocenters. The van der Waals surface area contributed by atoms with Gasteiger partial charge in [0.25, 0.3) is 0 Å². The van der Waals surface area contributed by atoms with Gasteiger partial charge in [0.05, 0.1) is 0 Å². The summed E-state index contributed by atoms with van der Waals surface area (Å²) < 4.78 is 18.1. The van der Waals surface area contributed by atoms with E-state index in [1.807, 2.05) is 6.92 Å². The predicted octanol–water partition coefficient (Wildman–Crippen LogP) is 5.79. The van der Waals surface area contributed by atoms with Crippen molar-refractivity contribution in [3.63, 3.8) is 0 Å². The number of fused-ring (bicyclic) bond motifs is 1. The van der Waals surface area contributed by atoms with Gasteiger partial charge in [-0.25, -0.2) is 0 Å². The van der Waals surface area contributed by atoms with Crippen molar-refractivity contribution in [3.05, 3.63) is 9.67 Å². The van der Waals surface area contributed by atoms with E-state index in [-0.39, 0.29) is 12.1 Å². The zero-order valence-electron chi connectivity index (χ0n) is 19.3. The van der Waals surface area contributed by atoms with Crippen LogP contribution < -0.4 is 0 Å². The van der Waals surface area contributed by atoms with Gasteiger partial charge < -0.3 is 0 Å². The number of aliphatic hydroxyl groups is 1. The molecule has 0 aromatic heterocycles. The maximum absolute atomic E-state index is 12.7. The Kier molecular flexibility index (Phi) is 10.5. The molecule has 1 saturated heterocycles. The number of hydrogen-bond acceptors (Lipinski definition) is 4. The molecule has 1 heterocycles. The van der Waals surface area contributed by atoms with Gasteiger partial charge in [-0.1, -0.05) is 0 Å². The summed E-state index contributed by atoms with van der Waals surface area (Å²) in [6.07, 6.45) is 9.77. The summed E-state index contributed by atoms with van der Waals surface area (Å²) in [5.74, 6) is -0.713. The van der Waals surface area contributed by atoms with Gasteiger partial charge in [0.1, 0.15) is 0 Å². The van der Waals surface area contributed by atoms with E-state index >= 15 is 0 Å². The summed E-state index contributed by atoms with van der Waals surface area (Å²) in [4.78, 5) is 12.7. The molecule has 2 fully saturated rings. The Morgan fingerprint density at radius 2 is 1.69 bits per heavy atom. The van der Waals surface area contributed by atoms with E-state index in [4.69, 9.17) is 9.47 Å². The van der Waals surface area contributed by atoms with Crippen LogP contribution in [0.15, 0.2) is 9.67 Å². The molecule has 0 aromatic rings. The van der Waals surface area contributed by atoms with Crippen molar-refractivity contribution in [2.45, 2.75) is 110 Å².